The van der Waals surface area contributed by atoms with Gasteiger partial charge in [0.2, 0.25) is 0 Å². The molecule has 0 aromatic carbocycles. The van der Waals surface area contributed by atoms with E-state index in [1.807, 2.05) is 19.9 Å². The molecule has 0 radical (unpaired) electrons. The zero-order valence-corrected chi connectivity index (χ0v) is 14.3. The Morgan fingerprint density at radius 3 is 2.77 bits per heavy atom. The van der Waals surface area contributed by atoms with Crippen LogP contribution >= 0.6 is 11.6 Å². The van der Waals surface area contributed by atoms with E-state index in [0.717, 1.165) is 5.57 Å². The molecule has 7 heteroatoms. The van der Waals surface area contributed by atoms with E-state index in [1.165, 1.54) is 0 Å². The van der Waals surface area contributed by atoms with Crippen LogP contribution in [-0.4, -0.2) is 25.5 Å². The lowest BCUT2D eigenvalue weighted by atomic mass is 9.54. The Bertz CT molecular complexity index is 651. The van der Waals surface area contributed by atoms with Crippen molar-refractivity contribution < 1.29 is 17.4 Å². The van der Waals surface area contributed by atoms with E-state index in [9.17, 15) is 18.5 Å². The summed E-state index contributed by atoms with van der Waals surface area (Å²) in [6, 6.07) is 2.12. The third-order valence-electron chi connectivity index (χ3n) is 5.00. The fourth-order valence-corrected chi connectivity index (χ4v) is 4.65. The minimum absolute atomic E-state index is 0.101. The summed E-state index contributed by atoms with van der Waals surface area (Å²) in [6.45, 7) is 3.70. The van der Waals surface area contributed by atoms with Crippen molar-refractivity contribution in [2.45, 2.75) is 52.1 Å². The van der Waals surface area contributed by atoms with Crippen LogP contribution in [0.3, 0.4) is 0 Å². The Morgan fingerprint density at radius 2 is 2.18 bits per heavy atom. The van der Waals surface area contributed by atoms with Crippen LogP contribution in [0.1, 0.15) is 46.0 Å². The number of allylic oxidation sites excluding steroid dienone is 1. The molecule has 1 saturated carbocycles. The fourth-order valence-electron chi connectivity index (χ4n) is 3.78. The number of carbonyl (C=O) groups excluding carboxylic acids is 1. The number of ketones is 1. The molecule has 1 fully saturated rings. The van der Waals surface area contributed by atoms with E-state index in [-0.39, 0.29) is 12.2 Å². The number of Topliss-reactive ketones (excluding diaryl/α,β-unsaturated/α-hetero) is 1. The third-order valence-corrected chi connectivity index (χ3v) is 6.60. The smallest absolute Gasteiger partial charge is 0.281 e. The molecule has 2 aliphatic rings. The second-order valence-electron chi connectivity index (χ2n) is 6.45. The summed E-state index contributed by atoms with van der Waals surface area (Å²) in [5.41, 5.74) is -0.565. The van der Waals surface area contributed by atoms with Crippen LogP contribution in [0.4, 0.5) is 0 Å². The maximum absolute atomic E-state index is 12.4. The summed E-state index contributed by atoms with van der Waals surface area (Å²) >= 11 is 5.42. The maximum atomic E-state index is 12.4. The molecular formula is C15H20ClNO4S. The lowest BCUT2D eigenvalue weighted by Gasteiger charge is -2.51. The van der Waals surface area contributed by atoms with E-state index >= 15 is 0 Å². The zero-order chi connectivity index (χ0) is 16.6. The first-order valence-corrected chi connectivity index (χ1v) is 9.39. The van der Waals surface area contributed by atoms with Gasteiger partial charge in [-0.15, -0.1) is 11.6 Å². The average Bonchev–Trinajstić information content (AvgIpc) is 2.45. The number of halogens is 1. The molecule has 3 atom stereocenters. The highest BCUT2D eigenvalue weighted by molar-refractivity contribution is 7.87. The molecule has 5 nitrogen and oxygen atoms in total. The molecule has 2 aliphatic carbocycles. The van der Waals surface area contributed by atoms with Crippen LogP contribution < -0.4 is 0 Å². The topological polar surface area (TPSA) is 84.2 Å². The molecule has 22 heavy (non-hydrogen) atoms. The summed E-state index contributed by atoms with van der Waals surface area (Å²) < 4.78 is 28.7. The van der Waals surface area contributed by atoms with Crippen molar-refractivity contribution in [3.8, 4) is 6.07 Å². The molecule has 0 aliphatic heterocycles. The van der Waals surface area contributed by atoms with Crippen LogP contribution in [-0.2, 0) is 19.1 Å². The number of carbonyl (C=O) groups is 1. The molecule has 0 aromatic heterocycles. The van der Waals surface area contributed by atoms with Gasteiger partial charge in [0.15, 0.2) is 0 Å². The monoisotopic (exact) mass is 345 g/mol. The van der Waals surface area contributed by atoms with Crippen molar-refractivity contribution in [2.24, 2.45) is 10.8 Å². The van der Waals surface area contributed by atoms with E-state index in [1.54, 1.807) is 0 Å². The predicted molar refractivity (Wildman–Crippen MR) is 82.5 cm³/mol. The minimum atomic E-state index is -3.84. The fraction of sp³-hybridized carbons (Fsp3) is 0.733. The summed E-state index contributed by atoms with van der Waals surface area (Å²) in [6.07, 6.45) is 3.48. The third kappa shape index (κ3) is 2.82. The number of rotatable bonds is 4. The van der Waals surface area contributed by atoms with Crippen LogP contribution in [0.2, 0.25) is 0 Å². The molecule has 2 rings (SSSR count). The molecule has 0 heterocycles. The predicted octanol–water partition coefficient (Wildman–Crippen LogP) is 2.91. The van der Waals surface area contributed by atoms with Gasteiger partial charge in [0.05, 0.1) is 12.2 Å². The lowest BCUT2D eigenvalue weighted by Crippen LogP contribution is -2.51. The van der Waals surface area contributed by atoms with Crippen LogP contribution in [0.5, 0.6) is 0 Å². The van der Waals surface area contributed by atoms with Crippen LogP contribution in [0, 0.1) is 22.2 Å². The second-order valence-corrected chi connectivity index (χ2v) is 8.64. The van der Waals surface area contributed by atoms with Gasteiger partial charge in [-0.25, -0.2) is 0 Å². The first kappa shape index (κ1) is 17.5. The molecule has 0 unspecified atom stereocenters. The number of hydrogen-bond acceptors (Lipinski definition) is 5. The molecular weight excluding hydrogens is 326 g/mol. The van der Waals surface area contributed by atoms with Crippen molar-refractivity contribution >= 4 is 27.5 Å². The number of hydrogen-bond donors (Lipinski definition) is 0. The Labute approximate surface area is 136 Å². The first-order valence-electron chi connectivity index (χ1n) is 7.28. The summed E-state index contributed by atoms with van der Waals surface area (Å²) in [4.78, 5) is 12.4. The van der Waals surface area contributed by atoms with Gasteiger partial charge in [-0.05, 0) is 26.2 Å². The van der Waals surface area contributed by atoms with Gasteiger partial charge in [0, 0.05) is 23.7 Å². The highest BCUT2D eigenvalue weighted by Crippen LogP contribution is 2.56. The molecule has 0 N–H and O–H groups in total. The number of nitrogens with zero attached hydrogens (tertiary/aromatic N) is 1. The van der Waals surface area contributed by atoms with E-state index in [0.29, 0.717) is 25.7 Å². The van der Waals surface area contributed by atoms with E-state index in [4.69, 9.17) is 15.8 Å². The molecule has 0 spiro atoms. The van der Waals surface area contributed by atoms with E-state index in [2.05, 4.69) is 6.07 Å². The highest BCUT2D eigenvalue weighted by Gasteiger charge is 2.54. The van der Waals surface area contributed by atoms with Gasteiger partial charge < -0.3 is 0 Å². The summed E-state index contributed by atoms with van der Waals surface area (Å²) in [7, 11) is -3.84. The van der Waals surface area contributed by atoms with Crippen LogP contribution in [0.25, 0.3) is 0 Å². The minimum Gasteiger partial charge on any atom is -0.299 e. The van der Waals surface area contributed by atoms with Gasteiger partial charge >= 0.3 is 0 Å². The van der Waals surface area contributed by atoms with Gasteiger partial charge in [-0.1, -0.05) is 18.6 Å². The molecule has 0 bridgehead atoms. The highest BCUT2D eigenvalue weighted by atomic mass is 35.5. The van der Waals surface area contributed by atoms with Crippen molar-refractivity contribution in [3.63, 3.8) is 0 Å². The van der Waals surface area contributed by atoms with Crippen molar-refractivity contribution in [3.05, 3.63) is 11.6 Å². The Morgan fingerprint density at radius 1 is 1.50 bits per heavy atom. The molecule has 122 valence electrons. The molecule has 0 saturated heterocycles. The summed E-state index contributed by atoms with van der Waals surface area (Å²) in [5, 5.41) is 8.58. The Balaban J connectivity index is 2.46. The maximum Gasteiger partial charge on any atom is 0.281 e. The van der Waals surface area contributed by atoms with E-state index < -0.39 is 32.3 Å². The largest absolute Gasteiger partial charge is 0.299 e. The van der Waals surface area contributed by atoms with Gasteiger partial charge in [-0.2, -0.15) is 13.7 Å². The van der Waals surface area contributed by atoms with Crippen LogP contribution in [0.15, 0.2) is 11.6 Å². The second kappa shape index (κ2) is 5.95. The lowest BCUT2D eigenvalue weighted by molar-refractivity contribution is -0.130. The molecule has 0 amide bonds. The first-order chi connectivity index (χ1) is 10.2. The Kier molecular flexibility index (Phi) is 4.72. The number of nitriles is 1. The number of alkyl halides is 1. The summed E-state index contributed by atoms with van der Waals surface area (Å²) in [5.74, 6) is 0.160. The van der Waals surface area contributed by atoms with Crippen molar-refractivity contribution in [2.75, 3.05) is 5.21 Å². The Hall–Kier alpha value is -0.900. The zero-order valence-electron chi connectivity index (χ0n) is 12.8. The number of fused-ring (bicyclic) bond motifs is 1. The van der Waals surface area contributed by atoms with Gasteiger partial charge in [0.25, 0.3) is 10.1 Å². The van der Waals surface area contributed by atoms with Gasteiger partial charge in [0.1, 0.15) is 11.0 Å². The SMILES string of the molecule is C[C@]12CC[C@H](OS(=O)(=O)CCl)[C@@](C)(CC#N)C1=CCCC2=O. The molecule has 0 aromatic rings. The standard InChI is InChI=1S/C15H20ClNO4S/c1-14-7-6-13(21-22(19,20)10-16)15(2,8-9-17)11(14)4-3-5-12(14)18/h4,13H,3,5-8,10H2,1-2H3/t13-,14-,15-/m0/s1. The average molecular weight is 346 g/mol. The van der Waals surface area contributed by atoms with Gasteiger partial charge in [-0.3, -0.25) is 8.98 Å². The quantitative estimate of drug-likeness (QED) is 0.444. The van der Waals surface area contributed by atoms with Crippen molar-refractivity contribution in [1.82, 2.24) is 0 Å². The normalized spacial score (nSPS) is 35.5. The van der Waals surface area contributed by atoms with Crippen molar-refractivity contribution in [1.29, 1.82) is 5.26 Å².